The monoisotopic (exact) mass is 220 g/mol. The number of hydrogen-bond donors (Lipinski definition) is 0. The molecule has 2 nitrogen and oxygen atoms in total. The van der Waals surface area contributed by atoms with Crippen LogP contribution >= 0.6 is 0 Å². The Kier molecular flexibility index (Phi) is 3.27. The maximum Gasteiger partial charge on any atom is 0.133 e. The van der Waals surface area contributed by atoms with Gasteiger partial charge in [0.25, 0.3) is 0 Å². The molecule has 2 aliphatic rings. The van der Waals surface area contributed by atoms with Crippen molar-refractivity contribution in [3.05, 3.63) is 12.2 Å². The Balaban J connectivity index is 2.17. The van der Waals surface area contributed by atoms with Gasteiger partial charge in [0.15, 0.2) is 0 Å². The summed E-state index contributed by atoms with van der Waals surface area (Å²) >= 11 is 0. The van der Waals surface area contributed by atoms with Crippen LogP contribution in [0.3, 0.4) is 0 Å². The van der Waals surface area contributed by atoms with Crippen molar-refractivity contribution >= 4 is 11.6 Å². The first kappa shape index (κ1) is 11.6. The highest BCUT2D eigenvalue weighted by molar-refractivity contribution is 5.89. The SMILES string of the molecule is CC(=O)[C@@H]1[C@H]2CC/C=C\CC[C@@H]2[C@@H]1C(C)=O. The van der Waals surface area contributed by atoms with Crippen molar-refractivity contribution in [2.45, 2.75) is 39.5 Å². The minimum Gasteiger partial charge on any atom is -0.300 e. The van der Waals surface area contributed by atoms with Crippen LogP contribution in [0.15, 0.2) is 12.2 Å². The molecule has 0 heterocycles. The van der Waals surface area contributed by atoms with Crippen molar-refractivity contribution in [3.8, 4) is 0 Å². The fourth-order valence-corrected chi connectivity index (χ4v) is 3.63. The minimum atomic E-state index is 0.0222. The molecule has 2 rings (SSSR count). The van der Waals surface area contributed by atoms with E-state index in [9.17, 15) is 9.59 Å². The van der Waals surface area contributed by atoms with Crippen molar-refractivity contribution in [3.63, 3.8) is 0 Å². The van der Waals surface area contributed by atoms with Gasteiger partial charge in [-0.2, -0.15) is 0 Å². The Morgan fingerprint density at radius 1 is 0.875 bits per heavy atom. The average Bonchev–Trinajstić information content (AvgIpc) is 2.14. The zero-order chi connectivity index (χ0) is 11.7. The predicted molar refractivity (Wildman–Crippen MR) is 62.9 cm³/mol. The molecule has 0 unspecified atom stereocenters. The fraction of sp³-hybridized carbons (Fsp3) is 0.714. The quantitative estimate of drug-likeness (QED) is 0.671. The van der Waals surface area contributed by atoms with E-state index in [1.807, 2.05) is 0 Å². The lowest BCUT2D eigenvalue weighted by Gasteiger charge is -2.50. The minimum absolute atomic E-state index is 0.0222. The van der Waals surface area contributed by atoms with Crippen molar-refractivity contribution in [2.75, 3.05) is 0 Å². The molecule has 0 N–H and O–H groups in total. The van der Waals surface area contributed by atoms with E-state index < -0.39 is 0 Å². The van der Waals surface area contributed by atoms with Gasteiger partial charge in [0.1, 0.15) is 11.6 Å². The van der Waals surface area contributed by atoms with Crippen LogP contribution in [0.25, 0.3) is 0 Å². The molecule has 0 aromatic heterocycles. The number of fused-ring (bicyclic) bond motifs is 1. The molecule has 0 aromatic carbocycles. The lowest BCUT2D eigenvalue weighted by molar-refractivity contribution is -0.150. The molecular weight excluding hydrogens is 200 g/mol. The van der Waals surface area contributed by atoms with Crippen LogP contribution in [0.2, 0.25) is 0 Å². The molecule has 1 fully saturated rings. The van der Waals surface area contributed by atoms with Gasteiger partial charge in [0.05, 0.1) is 0 Å². The molecule has 2 aliphatic carbocycles. The van der Waals surface area contributed by atoms with Crippen LogP contribution in [0, 0.1) is 23.7 Å². The number of carbonyl (C=O) groups is 2. The van der Waals surface area contributed by atoms with Gasteiger partial charge in [0, 0.05) is 11.8 Å². The Labute approximate surface area is 97.1 Å². The number of allylic oxidation sites excluding steroid dienone is 2. The van der Waals surface area contributed by atoms with Gasteiger partial charge in [-0.3, -0.25) is 9.59 Å². The van der Waals surface area contributed by atoms with E-state index in [0.29, 0.717) is 11.8 Å². The van der Waals surface area contributed by atoms with E-state index >= 15 is 0 Å². The van der Waals surface area contributed by atoms with Gasteiger partial charge in [-0.25, -0.2) is 0 Å². The lowest BCUT2D eigenvalue weighted by atomic mass is 9.51. The molecule has 2 heteroatoms. The molecule has 1 saturated carbocycles. The summed E-state index contributed by atoms with van der Waals surface area (Å²) in [5.41, 5.74) is 0. The summed E-state index contributed by atoms with van der Waals surface area (Å²) in [7, 11) is 0. The Hall–Kier alpha value is -0.920. The Bertz CT molecular complexity index is 298. The zero-order valence-electron chi connectivity index (χ0n) is 10.1. The van der Waals surface area contributed by atoms with Crippen molar-refractivity contribution in [1.29, 1.82) is 0 Å². The standard InChI is InChI=1S/C14H20O2/c1-9(15)13-11-7-5-3-4-6-8-12(11)14(13)10(2)16/h3-4,11-14H,5-8H2,1-2H3/b4-3-/t11-,12-,13-,14+/m0/s1. The van der Waals surface area contributed by atoms with Crippen LogP contribution in [-0.4, -0.2) is 11.6 Å². The van der Waals surface area contributed by atoms with Crippen LogP contribution in [0.5, 0.6) is 0 Å². The third-order valence-electron chi connectivity index (χ3n) is 4.30. The van der Waals surface area contributed by atoms with Crippen LogP contribution < -0.4 is 0 Å². The predicted octanol–water partition coefficient (Wildman–Crippen LogP) is 2.77. The van der Waals surface area contributed by atoms with Crippen molar-refractivity contribution < 1.29 is 9.59 Å². The summed E-state index contributed by atoms with van der Waals surface area (Å²) in [5.74, 6) is 1.41. The summed E-state index contributed by atoms with van der Waals surface area (Å²) < 4.78 is 0. The van der Waals surface area contributed by atoms with Crippen molar-refractivity contribution in [2.24, 2.45) is 23.7 Å². The maximum atomic E-state index is 11.6. The summed E-state index contributed by atoms with van der Waals surface area (Å²) in [6.45, 7) is 3.29. The fourth-order valence-electron chi connectivity index (χ4n) is 3.63. The summed E-state index contributed by atoms with van der Waals surface area (Å²) in [4.78, 5) is 23.2. The average molecular weight is 220 g/mol. The van der Waals surface area contributed by atoms with E-state index in [0.717, 1.165) is 25.7 Å². The number of hydrogen-bond acceptors (Lipinski definition) is 2. The Morgan fingerprint density at radius 3 is 1.56 bits per heavy atom. The second kappa shape index (κ2) is 4.52. The van der Waals surface area contributed by atoms with Gasteiger partial charge in [-0.05, 0) is 51.4 Å². The number of rotatable bonds is 2. The smallest absolute Gasteiger partial charge is 0.133 e. The normalized spacial score (nSPS) is 39.9. The number of carbonyl (C=O) groups excluding carboxylic acids is 2. The van der Waals surface area contributed by atoms with Gasteiger partial charge in [0.2, 0.25) is 0 Å². The third kappa shape index (κ3) is 1.85. The van der Waals surface area contributed by atoms with E-state index in [1.165, 1.54) is 0 Å². The number of Topliss-reactive ketones (excluding diaryl/α,β-unsaturated/α-hetero) is 2. The molecule has 0 spiro atoms. The maximum absolute atomic E-state index is 11.6. The summed E-state index contributed by atoms with van der Waals surface area (Å²) in [6.07, 6.45) is 8.72. The molecule has 88 valence electrons. The molecular formula is C14H20O2. The summed E-state index contributed by atoms with van der Waals surface area (Å²) in [6, 6.07) is 0. The highest BCUT2D eigenvalue weighted by Crippen LogP contribution is 2.52. The highest BCUT2D eigenvalue weighted by Gasteiger charge is 2.53. The molecule has 4 atom stereocenters. The topological polar surface area (TPSA) is 34.1 Å². The molecule has 0 bridgehead atoms. The first-order valence-corrected chi connectivity index (χ1v) is 6.29. The molecule has 0 aliphatic heterocycles. The van der Waals surface area contributed by atoms with Gasteiger partial charge in [-0.15, -0.1) is 0 Å². The molecule has 0 saturated heterocycles. The summed E-state index contributed by atoms with van der Waals surface area (Å²) in [5, 5.41) is 0. The molecule has 0 amide bonds. The first-order chi connectivity index (χ1) is 7.63. The molecule has 0 radical (unpaired) electrons. The van der Waals surface area contributed by atoms with E-state index in [2.05, 4.69) is 12.2 Å². The lowest BCUT2D eigenvalue weighted by Crippen LogP contribution is -2.53. The van der Waals surface area contributed by atoms with E-state index in [-0.39, 0.29) is 23.4 Å². The van der Waals surface area contributed by atoms with E-state index in [4.69, 9.17) is 0 Å². The zero-order valence-corrected chi connectivity index (χ0v) is 10.1. The van der Waals surface area contributed by atoms with Crippen LogP contribution in [-0.2, 0) is 9.59 Å². The van der Waals surface area contributed by atoms with Crippen LogP contribution in [0.1, 0.15) is 39.5 Å². The second-order valence-corrected chi connectivity index (χ2v) is 5.23. The number of ketones is 2. The van der Waals surface area contributed by atoms with Crippen LogP contribution in [0.4, 0.5) is 0 Å². The third-order valence-corrected chi connectivity index (χ3v) is 4.30. The largest absolute Gasteiger partial charge is 0.300 e. The molecule has 16 heavy (non-hydrogen) atoms. The van der Waals surface area contributed by atoms with Gasteiger partial charge < -0.3 is 0 Å². The molecule has 0 aromatic rings. The van der Waals surface area contributed by atoms with Gasteiger partial charge in [-0.1, -0.05) is 12.2 Å². The van der Waals surface area contributed by atoms with Crippen molar-refractivity contribution in [1.82, 2.24) is 0 Å². The Morgan fingerprint density at radius 2 is 1.25 bits per heavy atom. The first-order valence-electron chi connectivity index (χ1n) is 6.29. The highest BCUT2D eigenvalue weighted by atomic mass is 16.1. The van der Waals surface area contributed by atoms with E-state index in [1.54, 1.807) is 13.8 Å². The van der Waals surface area contributed by atoms with Gasteiger partial charge >= 0.3 is 0 Å². The second-order valence-electron chi connectivity index (χ2n) is 5.23.